The topological polar surface area (TPSA) is 95.3 Å². The predicted octanol–water partition coefficient (Wildman–Crippen LogP) is 3.06. The molecule has 4 aromatic heterocycles. The molecule has 8 nitrogen and oxygen atoms in total. The van der Waals surface area contributed by atoms with E-state index in [1.807, 2.05) is 43.6 Å². The largest absolute Gasteiger partial charge is 0.356 e. The fourth-order valence-electron chi connectivity index (χ4n) is 3.68. The first-order chi connectivity index (χ1) is 14.2. The molecule has 0 amide bonds. The van der Waals surface area contributed by atoms with Crippen molar-refractivity contribution in [2.75, 3.05) is 31.1 Å². The molecule has 152 valence electrons. The number of halogens is 1. The van der Waals surface area contributed by atoms with Gasteiger partial charge < -0.3 is 14.7 Å². The number of aromatic nitrogens is 4. The summed E-state index contributed by atoms with van der Waals surface area (Å²) in [6, 6.07) is 10.2. The summed E-state index contributed by atoms with van der Waals surface area (Å²) in [7, 11) is 0. The quantitative estimate of drug-likeness (QED) is 0.543. The molecule has 4 aromatic rings. The van der Waals surface area contributed by atoms with Crippen molar-refractivity contribution in [3.05, 3.63) is 54.1 Å². The van der Waals surface area contributed by atoms with Crippen LogP contribution in [0.4, 0.5) is 5.82 Å². The zero-order valence-corrected chi connectivity index (χ0v) is 17.2. The van der Waals surface area contributed by atoms with Crippen molar-refractivity contribution < 1.29 is 4.52 Å². The zero-order chi connectivity index (χ0) is 19.8. The Morgan fingerprint density at radius 3 is 2.63 bits per heavy atom. The Hall–Kier alpha value is -3.41. The van der Waals surface area contributed by atoms with Crippen LogP contribution in [0.5, 0.6) is 0 Å². The normalized spacial score (nSPS) is 13.8. The smallest absolute Gasteiger partial charge is 0.168 e. The molecule has 1 saturated heterocycles. The average Bonchev–Trinajstić information content (AvgIpc) is 3.40. The Balaban J connectivity index is 0.00000218. The van der Waals surface area contributed by atoms with Crippen LogP contribution < -0.4 is 10.2 Å². The number of piperazine rings is 1. The Labute approximate surface area is 179 Å². The molecule has 0 aromatic carbocycles. The summed E-state index contributed by atoms with van der Waals surface area (Å²) >= 11 is 0. The van der Waals surface area contributed by atoms with E-state index in [0.29, 0.717) is 11.3 Å². The number of rotatable bonds is 3. The van der Waals surface area contributed by atoms with Gasteiger partial charge in [-0.2, -0.15) is 10.4 Å². The molecule has 0 radical (unpaired) electrons. The minimum atomic E-state index is 0. The highest BCUT2D eigenvalue weighted by molar-refractivity contribution is 5.87. The van der Waals surface area contributed by atoms with Crippen molar-refractivity contribution in [2.45, 2.75) is 6.92 Å². The lowest BCUT2D eigenvalue weighted by Crippen LogP contribution is -2.43. The van der Waals surface area contributed by atoms with Gasteiger partial charge in [-0.15, -0.1) is 12.4 Å². The number of hydrogen-bond donors (Lipinski definition) is 1. The predicted molar refractivity (Wildman–Crippen MR) is 116 cm³/mol. The second-order valence-electron chi connectivity index (χ2n) is 7.08. The van der Waals surface area contributed by atoms with E-state index in [1.165, 1.54) is 0 Å². The lowest BCUT2D eigenvalue weighted by Gasteiger charge is -2.28. The van der Waals surface area contributed by atoms with Crippen LogP contribution in [-0.4, -0.2) is 45.9 Å². The van der Waals surface area contributed by atoms with E-state index in [2.05, 4.69) is 31.5 Å². The molecular weight excluding hydrogens is 402 g/mol. The van der Waals surface area contributed by atoms with Gasteiger partial charge >= 0.3 is 0 Å². The highest BCUT2D eigenvalue weighted by Gasteiger charge is 2.17. The van der Waals surface area contributed by atoms with Gasteiger partial charge in [0.05, 0.1) is 23.0 Å². The van der Waals surface area contributed by atoms with Crippen molar-refractivity contribution in [1.82, 2.24) is 25.1 Å². The van der Waals surface area contributed by atoms with E-state index in [-0.39, 0.29) is 12.4 Å². The maximum absolute atomic E-state index is 9.54. The van der Waals surface area contributed by atoms with Crippen molar-refractivity contribution in [1.29, 1.82) is 5.26 Å². The van der Waals surface area contributed by atoms with Crippen LogP contribution in [-0.2, 0) is 0 Å². The molecule has 0 spiro atoms. The third-order valence-corrected chi connectivity index (χ3v) is 5.14. The Morgan fingerprint density at radius 1 is 1.13 bits per heavy atom. The van der Waals surface area contributed by atoms with E-state index >= 15 is 0 Å². The molecule has 0 aliphatic carbocycles. The van der Waals surface area contributed by atoms with Crippen LogP contribution in [0.25, 0.3) is 28.0 Å². The number of anilines is 1. The number of aryl methyl sites for hydroxylation is 1. The van der Waals surface area contributed by atoms with Crippen LogP contribution in [0.3, 0.4) is 0 Å². The van der Waals surface area contributed by atoms with E-state index in [1.54, 1.807) is 10.7 Å². The van der Waals surface area contributed by atoms with E-state index in [9.17, 15) is 5.26 Å². The van der Waals surface area contributed by atoms with Gasteiger partial charge in [0.1, 0.15) is 11.9 Å². The maximum Gasteiger partial charge on any atom is 0.168 e. The van der Waals surface area contributed by atoms with Gasteiger partial charge in [0.15, 0.2) is 5.76 Å². The minimum Gasteiger partial charge on any atom is -0.356 e. The molecule has 1 aliphatic rings. The summed E-state index contributed by atoms with van der Waals surface area (Å²) in [5.74, 6) is 1.62. The number of nitrogens with one attached hydrogen (secondary N) is 1. The Morgan fingerprint density at radius 2 is 1.97 bits per heavy atom. The van der Waals surface area contributed by atoms with E-state index in [0.717, 1.165) is 59.9 Å². The number of fused-ring (bicyclic) bond motifs is 1. The molecule has 1 fully saturated rings. The van der Waals surface area contributed by atoms with Crippen molar-refractivity contribution in [3.8, 4) is 28.5 Å². The van der Waals surface area contributed by atoms with Crippen molar-refractivity contribution >= 4 is 23.7 Å². The summed E-state index contributed by atoms with van der Waals surface area (Å²) in [5, 5.41) is 21.2. The monoisotopic (exact) mass is 421 g/mol. The molecule has 1 aliphatic heterocycles. The molecular formula is C21H20ClN7O. The molecule has 0 saturated carbocycles. The van der Waals surface area contributed by atoms with Gasteiger partial charge in [-0.3, -0.25) is 0 Å². The number of nitriles is 1. The molecule has 1 N–H and O–H groups in total. The molecule has 0 bridgehead atoms. The minimum absolute atomic E-state index is 0. The van der Waals surface area contributed by atoms with Crippen LogP contribution in [0.1, 0.15) is 11.3 Å². The first kappa shape index (κ1) is 19.9. The lowest BCUT2D eigenvalue weighted by atomic mass is 10.0. The van der Waals surface area contributed by atoms with Crippen LogP contribution in [0.15, 0.2) is 47.4 Å². The molecule has 30 heavy (non-hydrogen) atoms. The summed E-state index contributed by atoms with van der Waals surface area (Å²) in [6.07, 6.45) is 5.29. The lowest BCUT2D eigenvalue weighted by molar-refractivity contribution is 0.427. The van der Waals surface area contributed by atoms with Gasteiger partial charge in [0.2, 0.25) is 0 Å². The summed E-state index contributed by atoms with van der Waals surface area (Å²) < 4.78 is 7.15. The molecule has 0 unspecified atom stereocenters. The fourth-order valence-corrected chi connectivity index (χ4v) is 3.68. The Bertz CT molecular complexity index is 1220. The van der Waals surface area contributed by atoms with Gasteiger partial charge in [-0.1, -0.05) is 5.16 Å². The first-order valence-electron chi connectivity index (χ1n) is 9.50. The number of nitrogens with zero attached hydrogens (tertiary/aromatic N) is 6. The SMILES string of the molecule is Cc1cc(-c2cc(-c3ccc(N4CCNCC4)nc3)c3c(C#N)cnn3c2)on1.Cl. The first-order valence-corrected chi connectivity index (χ1v) is 9.50. The third-order valence-electron chi connectivity index (χ3n) is 5.14. The molecule has 0 atom stereocenters. The molecule has 9 heteroatoms. The molecule has 5 heterocycles. The van der Waals surface area contributed by atoms with Gasteiger partial charge in [0, 0.05) is 61.3 Å². The van der Waals surface area contributed by atoms with Gasteiger partial charge in [0.25, 0.3) is 0 Å². The zero-order valence-electron chi connectivity index (χ0n) is 16.4. The van der Waals surface area contributed by atoms with Crippen LogP contribution in [0.2, 0.25) is 0 Å². The van der Waals surface area contributed by atoms with Crippen LogP contribution >= 0.6 is 12.4 Å². The second kappa shape index (κ2) is 8.14. The third kappa shape index (κ3) is 3.49. The van der Waals surface area contributed by atoms with Gasteiger partial charge in [-0.05, 0) is 25.1 Å². The summed E-state index contributed by atoms with van der Waals surface area (Å²) in [5.41, 5.74) is 4.72. The Kier molecular flexibility index (Phi) is 5.40. The maximum atomic E-state index is 9.54. The van der Waals surface area contributed by atoms with Gasteiger partial charge in [-0.25, -0.2) is 9.50 Å². The van der Waals surface area contributed by atoms with E-state index in [4.69, 9.17) is 4.52 Å². The van der Waals surface area contributed by atoms with Crippen molar-refractivity contribution in [3.63, 3.8) is 0 Å². The van der Waals surface area contributed by atoms with Crippen LogP contribution in [0, 0.1) is 18.3 Å². The second-order valence-corrected chi connectivity index (χ2v) is 7.08. The molecule has 5 rings (SSSR count). The fraction of sp³-hybridized carbons (Fsp3) is 0.238. The standard InChI is InChI=1S/C21H19N7O.ClH/c1-14-8-19(29-26-14)16-9-18(21-17(10-22)12-25-28(21)13-16)15-2-3-20(24-11-15)27-6-4-23-5-7-27;/h2-3,8-9,11-13,23H,4-7H2,1H3;1H. The highest BCUT2D eigenvalue weighted by Crippen LogP contribution is 2.32. The van der Waals surface area contributed by atoms with Crippen molar-refractivity contribution in [2.24, 2.45) is 0 Å². The summed E-state index contributed by atoms with van der Waals surface area (Å²) in [6.45, 7) is 5.69. The van der Waals surface area contributed by atoms with E-state index < -0.39 is 0 Å². The number of pyridine rings is 2. The number of hydrogen-bond acceptors (Lipinski definition) is 7. The summed E-state index contributed by atoms with van der Waals surface area (Å²) in [4.78, 5) is 6.95. The average molecular weight is 422 g/mol. The highest BCUT2D eigenvalue weighted by atomic mass is 35.5.